The second kappa shape index (κ2) is 12.2. The van der Waals surface area contributed by atoms with E-state index in [0.29, 0.717) is 25.8 Å². The van der Waals surface area contributed by atoms with E-state index in [1.807, 2.05) is 37.3 Å². The number of nitrogens with zero attached hydrogens (tertiary/aromatic N) is 1. The fourth-order valence-electron chi connectivity index (χ4n) is 4.81. The smallest absolute Gasteiger partial charge is 0.243 e. The van der Waals surface area contributed by atoms with Gasteiger partial charge in [0.1, 0.15) is 6.04 Å². The molecule has 0 radical (unpaired) electrons. The number of aryl methyl sites for hydroxylation is 1. The third-order valence-corrected chi connectivity index (χ3v) is 6.98. The summed E-state index contributed by atoms with van der Waals surface area (Å²) in [5.41, 5.74) is 3.61. The summed E-state index contributed by atoms with van der Waals surface area (Å²) >= 11 is 0. The predicted octanol–water partition coefficient (Wildman–Crippen LogP) is 6.17. The third kappa shape index (κ3) is 7.44. The molecule has 1 N–H and O–H groups in total. The minimum absolute atomic E-state index is 0.00629. The summed E-state index contributed by atoms with van der Waals surface area (Å²) in [5.74, 6) is 0.0302. The van der Waals surface area contributed by atoms with Crippen LogP contribution in [-0.4, -0.2) is 28.8 Å². The number of hydrogen-bond donors (Lipinski definition) is 1. The first-order valence-electron chi connectivity index (χ1n) is 13.0. The molecule has 1 aliphatic rings. The van der Waals surface area contributed by atoms with Gasteiger partial charge >= 0.3 is 0 Å². The van der Waals surface area contributed by atoms with Gasteiger partial charge in [-0.05, 0) is 47.8 Å². The Morgan fingerprint density at radius 3 is 2.18 bits per heavy atom. The van der Waals surface area contributed by atoms with E-state index in [9.17, 15) is 9.59 Å². The van der Waals surface area contributed by atoms with Gasteiger partial charge in [0.15, 0.2) is 0 Å². The Kier molecular flexibility index (Phi) is 9.32. The summed E-state index contributed by atoms with van der Waals surface area (Å²) in [6.07, 6.45) is 7.35. The largest absolute Gasteiger partial charge is 0.352 e. The summed E-state index contributed by atoms with van der Waals surface area (Å²) < 4.78 is 0. The maximum atomic E-state index is 13.5. The normalized spacial score (nSPS) is 15.5. The number of carbonyl (C=O) groups is 2. The van der Waals surface area contributed by atoms with Gasteiger partial charge in [0.25, 0.3) is 0 Å². The van der Waals surface area contributed by atoms with Crippen LogP contribution in [0.25, 0.3) is 0 Å². The van der Waals surface area contributed by atoms with Crippen LogP contribution in [0.4, 0.5) is 0 Å². The van der Waals surface area contributed by atoms with Gasteiger partial charge in [0.2, 0.25) is 11.8 Å². The van der Waals surface area contributed by atoms with Gasteiger partial charge in [-0.25, -0.2) is 0 Å². The van der Waals surface area contributed by atoms with Gasteiger partial charge in [-0.2, -0.15) is 0 Å². The first-order valence-corrected chi connectivity index (χ1v) is 13.0. The molecule has 1 aliphatic carbocycles. The summed E-state index contributed by atoms with van der Waals surface area (Å²) in [6.45, 7) is 9.07. The van der Waals surface area contributed by atoms with E-state index in [-0.39, 0.29) is 23.3 Å². The second-order valence-electron chi connectivity index (χ2n) is 10.7. The molecule has 34 heavy (non-hydrogen) atoms. The molecule has 0 saturated heterocycles. The van der Waals surface area contributed by atoms with E-state index in [1.54, 1.807) is 4.90 Å². The predicted molar refractivity (Wildman–Crippen MR) is 140 cm³/mol. The highest BCUT2D eigenvalue weighted by atomic mass is 16.2. The molecule has 0 bridgehead atoms. The lowest BCUT2D eigenvalue weighted by Crippen LogP contribution is -2.51. The van der Waals surface area contributed by atoms with Crippen LogP contribution < -0.4 is 5.32 Å². The molecule has 1 fully saturated rings. The summed E-state index contributed by atoms with van der Waals surface area (Å²) in [5, 5.41) is 3.25. The lowest BCUT2D eigenvalue weighted by atomic mass is 9.86. The summed E-state index contributed by atoms with van der Waals surface area (Å²) in [7, 11) is 0. The number of benzene rings is 2. The first-order chi connectivity index (χ1) is 16.3. The van der Waals surface area contributed by atoms with Crippen LogP contribution >= 0.6 is 0 Å². The molecule has 184 valence electrons. The molecule has 4 heteroatoms. The molecular formula is C30H42N2O2. The van der Waals surface area contributed by atoms with E-state index in [0.717, 1.165) is 24.0 Å². The van der Waals surface area contributed by atoms with Crippen molar-refractivity contribution < 1.29 is 9.59 Å². The molecule has 0 aromatic heterocycles. The first kappa shape index (κ1) is 26.0. The van der Waals surface area contributed by atoms with Gasteiger partial charge in [-0.3, -0.25) is 9.59 Å². The van der Waals surface area contributed by atoms with Gasteiger partial charge in [0.05, 0.1) is 0 Å². The van der Waals surface area contributed by atoms with Gasteiger partial charge in [-0.1, -0.05) is 102 Å². The standard InChI is InChI=1S/C30H42N2O2/c1-5-27(29(34)31-26-14-10-7-11-15-26)32(22-24-12-8-6-9-13-24)28(33)21-18-23-16-19-25(20-17-23)30(2,3)4/h6,8-9,12-13,16-17,19-20,26-27H,5,7,10-11,14-15,18,21-22H2,1-4H3,(H,31,34). The van der Waals surface area contributed by atoms with Gasteiger partial charge in [0, 0.05) is 19.0 Å². The lowest BCUT2D eigenvalue weighted by molar-refractivity contribution is -0.141. The SMILES string of the molecule is CCC(C(=O)NC1CCCCC1)N(Cc1ccccc1)C(=O)CCc1ccc(C(C)(C)C)cc1. The van der Waals surface area contributed by atoms with Crippen LogP contribution in [0.15, 0.2) is 54.6 Å². The Morgan fingerprint density at radius 2 is 1.59 bits per heavy atom. The van der Waals surface area contributed by atoms with Crippen LogP contribution in [-0.2, 0) is 28.0 Å². The van der Waals surface area contributed by atoms with Crippen molar-refractivity contribution in [1.82, 2.24) is 10.2 Å². The molecular weight excluding hydrogens is 420 g/mol. The molecule has 0 aliphatic heterocycles. The fraction of sp³-hybridized carbons (Fsp3) is 0.533. The molecule has 2 amide bonds. The van der Waals surface area contributed by atoms with Crippen LogP contribution in [0.5, 0.6) is 0 Å². The topological polar surface area (TPSA) is 49.4 Å². The highest BCUT2D eigenvalue weighted by Gasteiger charge is 2.30. The zero-order valence-electron chi connectivity index (χ0n) is 21.5. The lowest BCUT2D eigenvalue weighted by Gasteiger charge is -2.33. The highest BCUT2D eigenvalue weighted by Crippen LogP contribution is 2.23. The van der Waals surface area contributed by atoms with Crippen molar-refractivity contribution in [1.29, 1.82) is 0 Å². The van der Waals surface area contributed by atoms with E-state index in [2.05, 4.69) is 50.4 Å². The molecule has 0 spiro atoms. The van der Waals surface area contributed by atoms with E-state index < -0.39 is 6.04 Å². The Labute approximate surface area is 206 Å². The Hall–Kier alpha value is -2.62. The number of hydrogen-bond acceptors (Lipinski definition) is 2. The zero-order chi connectivity index (χ0) is 24.6. The summed E-state index contributed by atoms with van der Waals surface area (Å²) in [4.78, 5) is 28.6. The number of amides is 2. The number of nitrogens with one attached hydrogen (secondary N) is 1. The monoisotopic (exact) mass is 462 g/mol. The molecule has 0 heterocycles. The number of carbonyl (C=O) groups excluding carboxylic acids is 2. The quantitative estimate of drug-likeness (QED) is 0.484. The van der Waals surface area contributed by atoms with Crippen LogP contribution in [0.3, 0.4) is 0 Å². The molecule has 4 nitrogen and oxygen atoms in total. The third-order valence-electron chi connectivity index (χ3n) is 6.98. The van der Waals surface area contributed by atoms with E-state index >= 15 is 0 Å². The van der Waals surface area contributed by atoms with Crippen molar-refractivity contribution in [3.05, 3.63) is 71.3 Å². The second-order valence-corrected chi connectivity index (χ2v) is 10.7. The van der Waals surface area contributed by atoms with Crippen molar-refractivity contribution >= 4 is 11.8 Å². The fourth-order valence-corrected chi connectivity index (χ4v) is 4.81. The Balaban J connectivity index is 1.71. The molecule has 1 saturated carbocycles. The van der Waals surface area contributed by atoms with Crippen molar-refractivity contribution in [2.24, 2.45) is 0 Å². The van der Waals surface area contributed by atoms with Crippen molar-refractivity contribution in [3.63, 3.8) is 0 Å². The molecule has 2 aromatic carbocycles. The molecule has 2 aromatic rings. The zero-order valence-corrected chi connectivity index (χ0v) is 21.5. The van der Waals surface area contributed by atoms with Crippen LogP contribution in [0.1, 0.15) is 89.3 Å². The molecule has 1 unspecified atom stereocenters. The highest BCUT2D eigenvalue weighted by molar-refractivity contribution is 5.88. The minimum Gasteiger partial charge on any atom is -0.352 e. The van der Waals surface area contributed by atoms with Crippen LogP contribution in [0, 0.1) is 0 Å². The average molecular weight is 463 g/mol. The van der Waals surface area contributed by atoms with Gasteiger partial charge in [-0.15, -0.1) is 0 Å². The Morgan fingerprint density at radius 1 is 0.941 bits per heavy atom. The maximum absolute atomic E-state index is 13.5. The maximum Gasteiger partial charge on any atom is 0.243 e. The van der Waals surface area contributed by atoms with E-state index in [1.165, 1.54) is 24.8 Å². The van der Waals surface area contributed by atoms with Crippen LogP contribution in [0.2, 0.25) is 0 Å². The van der Waals surface area contributed by atoms with Gasteiger partial charge < -0.3 is 10.2 Å². The van der Waals surface area contributed by atoms with Crippen molar-refractivity contribution in [2.45, 2.75) is 103 Å². The molecule has 1 atom stereocenters. The molecule has 3 rings (SSSR count). The number of rotatable bonds is 9. The van der Waals surface area contributed by atoms with Crippen molar-refractivity contribution in [2.75, 3.05) is 0 Å². The summed E-state index contributed by atoms with van der Waals surface area (Å²) in [6, 6.07) is 18.4. The average Bonchev–Trinajstić information content (AvgIpc) is 2.83. The Bertz CT molecular complexity index is 909. The minimum atomic E-state index is -0.446. The van der Waals surface area contributed by atoms with Crippen molar-refractivity contribution in [3.8, 4) is 0 Å². The van der Waals surface area contributed by atoms with E-state index in [4.69, 9.17) is 0 Å².